The van der Waals surface area contributed by atoms with Crippen LogP contribution in [-0.2, 0) is 4.74 Å². The second-order valence-corrected chi connectivity index (χ2v) is 5.80. The van der Waals surface area contributed by atoms with Gasteiger partial charge < -0.3 is 15.4 Å². The van der Waals surface area contributed by atoms with E-state index in [1.165, 1.54) is 12.3 Å². The van der Waals surface area contributed by atoms with E-state index in [0.29, 0.717) is 29.1 Å². The minimum atomic E-state index is -0.437. The molecule has 0 aliphatic rings. The van der Waals surface area contributed by atoms with Crippen molar-refractivity contribution >= 4 is 29.2 Å². The number of nitrogens with zero attached hydrogens (tertiary/aromatic N) is 3. The molecule has 0 fully saturated rings. The summed E-state index contributed by atoms with van der Waals surface area (Å²) in [6.45, 7) is 2.02. The van der Waals surface area contributed by atoms with E-state index in [-0.39, 0.29) is 11.6 Å². The van der Waals surface area contributed by atoms with Gasteiger partial charge >= 0.3 is 5.97 Å². The predicted molar refractivity (Wildman–Crippen MR) is 107 cm³/mol. The van der Waals surface area contributed by atoms with Gasteiger partial charge in [0.05, 0.1) is 23.4 Å². The minimum Gasteiger partial charge on any atom is -0.462 e. The third kappa shape index (κ3) is 4.93. The molecular weight excluding hydrogens is 370 g/mol. The Morgan fingerprint density at radius 3 is 2.59 bits per heavy atom. The Morgan fingerprint density at radius 1 is 1.10 bits per heavy atom. The van der Waals surface area contributed by atoms with Gasteiger partial charge in [-0.25, -0.2) is 14.8 Å². The van der Waals surface area contributed by atoms with Crippen molar-refractivity contribution in [3.05, 3.63) is 77.6 Å². The van der Waals surface area contributed by atoms with Crippen LogP contribution in [0.4, 0.5) is 17.3 Å². The lowest BCUT2D eigenvalue weighted by Crippen LogP contribution is -2.15. The Balaban J connectivity index is 1.71. The maximum absolute atomic E-state index is 12.5. The van der Waals surface area contributed by atoms with Crippen molar-refractivity contribution in [2.45, 2.75) is 6.92 Å². The Bertz CT molecular complexity index is 1070. The number of esters is 1. The quantitative estimate of drug-likeness (QED) is 0.621. The first-order valence-electron chi connectivity index (χ1n) is 8.78. The molecule has 8 heteroatoms. The van der Waals surface area contributed by atoms with Gasteiger partial charge in [0.1, 0.15) is 11.8 Å². The highest BCUT2D eigenvalue weighted by atomic mass is 16.5. The van der Waals surface area contributed by atoms with Crippen molar-refractivity contribution in [1.29, 1.82) is 5.26 Å². The van der Waals surface area contributed by atoms with E-state index < -0.39 is 11.9 Å². The Hall–Kier alpha value is -4.25. The third-order valence-corrected chi connectivity index (χ3v) is 3.84. The number of rotatable bonds is 6. The molecule has 0 atom stereocenters. The summed E-state index contributed by atoms with van der Waals surface area (Å²) in [5, 5.41) is 14.8. The number of aromatic nitrogens is 2. The van der Waals surface area contributed by atoms with Crippen LogP contribution in [-0.4, -0.2) is 28.5 Å². The number of para-hydroxylation sites is 1. The fourth-order valence-corrected chi connectivity index (χ4v) is 2.45. The van der Waals surface area contributed by atoms with E-state index in [9.17, 15) is 9.59 Å². The average molecular weight is 387 g/mol. The second-order valence-electron chi connectivity index (χ2n) is 5.80. The zero-order valence-electron chi connectivity index (χ0n) is 15.5. The Kier molecular flexibility index (Phi) is 6.12. The first-order valence-corrected chi connectivity index (χ1v) is 8.78. The number of nitrogens with one attached hydrogen (secondary N) is 2. The van der Waals surface area contributed by atoms with Crippen LogP contribution >= 0.6 is 0 Å². The maximum Gasteiger partial charge on any atom is 0.338 e. The van der Waals surface area contributed by atoms with Gasteiger partial charge in [0.15, 0.2) is 0 Å². The molecule has 2 aromatic carbocycles. The second kappa shape index (κ2) is 9.10. The molecule has 8 nitrogen and oxygen atoms in total. The zero-order valence-corrected chi connectivity index (χ0v) is 15.5. The molecule has 1 amide bonds. The van der Waals surface area contributed by atoms with Crippen LogP contribution in [0.2, 0.25) is 0 Å². The van der Waals surface area contributed by atoms with Crippen LogP contribution in [0.5, 0.6) is 0 Å². The molecule has 1 heterocycles. The summed E-state index contributed by atoms with van der Waals surface area (Å²) in [7, 11) is 0. The zero-order chi connectivity index (χ0) is 20.6. The molecule has 2 N–H and O–H groups in total. The van der Waals surface area contributed by atoms with Gasteiger partial charge in [-0.15, -0.1) is 0 Å². The molecule has 3 rings (SSSR count). The van der Waals surface area contributed by atoms with Gasteiger partial charge in [0.25, 0.3) is 5.91 Å². The lowest BCUT2D eigenvalue weighted by Gasteiger charge is -2.09. The van der Waals surface area contributed by atoms with Crippen molar-refractivity contribution in [3.63, 3.8) is 0 Å². The fourth-order valence-electron chi connectivity index (χ4n) is 2.45. The molecule has 1 aromatic heterocycles. The van der Waals surface area contributed by atoms with Crippen molar-refractivity contribution < 1.29 is 14.3 Å². The number of ether oxygens (including phenoxy) is 1. The van der Waals surface area contributed by atoms with Gasteiger partial charge in [-0.05, 0) is 49.4 Å². The topological polar surface area (TPSA) is 117 Å². The standard InChI is InChI=1S/C21H17N5O3/c1-2-29-20(28)14-7-9-16(10-8-14)24-19(27)18-11-12-23-21(26-18)25-17-6-4-3-5-15(17)13-22/h3-12H,2H2,1H3,(H,24,27)(H,23,25,26). The van der Waals surface area contributed by atoms with Crippen LogP contribution in [0.25, 0.3) is 0 Å². The van der Waals surface area contributed by atoms with E-state index in [1.807, 2.05) is 0 Å². The smallest absolute Gasteiger partial charge is 0.338 e. The van der Waals surface area contributed by atoms with Gasteiger partial charge in [-0.3, -0.25) is 4.79 Å². The molecule has 0 saturated carbocycles. The predicted octanol–water partition coefficient (Wildman–Crippen LogP) is 3.52. The molecule has 144 valence electrons. The molecule has 0 spiro atoms. The number of hydrogen-bond acceptors (Lipinski definition) is 7. The molecule has 0 radical (unpaired) electrons. The number of amides is 1. The van der Waals surface area contributed by atoms with E-state index in [2.05, 4.69) is 26.7 Å². The number of carbonyl (C=O) groups excluding carboxylic acids is 2. The monoisotopic (exact) mass is 387 g/mol. The number of carbonyl (C=O) groups is 2. The van der Waals surface area contributed by atoms with Crippen LogP contribution < -0.4 is 10.6 Å². The summed E-state index contributed by atoms with van der Waals surface area (Å²) in [5.41, 5.74) is 2.03. The lowest BCUT2D eigenvalue weighted by atomic mass is 10.2. The Labute approximate surface area is 167 Å². The molecule has 0 bridgehead atoms. The molecular formula is C21H17N5O3. The normalized spacial score (nSPS) is 9.93. The molecule has 29 heavy (non-hydrogen) atoms. The SMILES string of the molecule is CCOC(=O)c1ccc(NC(=O)c2ccnc(Nc3ccccc3C#N)n2)cc1. The highest BCUT2D eigenvalue weighted by Gasteiger charge is 2.11. The molecule has 0 aliphatic heterocycles. The highest BCUT2D eigenvalue weighted by Crippen LogP contribution is 2.18. The van der Waals surface area contributed by atoms with Crippen molar-refractivity contribution in [2.24, 2.45) is 0 Å². The third-order valence-electron chi connectivity index (χ3n) is 3.84. The average Bonchev–Trinajstić information content (AvgIpc) is 2.75. The minimum absolute atomic E-state index is 0.145. The van der Waals surface area contributed by atoms with E-state index >= 15 is 0 Å². The largest absolute Gasteiger partial charge is 0.462 e. The molecule has 0 saturated heterocycles. The summed E-state index contributed by atoms with van der Waals surface area (Å²) in [4.78, 5) is 32.4. The molecule has 0 unspecified atom stereocenters. The summed E-state index contributed by atoms with van der Waals surface area (Å²) in [5.74, 6) is -0.666. The van der Waals surface area contributed by atoms with Crippen LogP contribution in [0.1, 0.15) is 33.3 Å². The summed E-state index contributed by atoms with van der Waals surface area (Å²) >= 11 is 0. The van der Waals surface area contributed by atoms with E-state index in [1.54, 1.807) is 55.5 Å². The maximum atomic E-state index is 12.5. The van der Waals surface area contributed by atoms with Crippen molar-refractivity contribution in [1.82, 2.24) is 9.97 Å². The molecule has 3 aromatic rings. The molecule has 0 aliphatic carbocycles. The van der Waals surface area contributed by atoms with Gasteiger partial charge in [0, 0.05) is 11.9 Å². The number of nitriles is 1. The fraction of sp³-hybridized carbons (Fsp3) is 0.0952. The number of benzene rings is 2. The number of anilines is 3. The van der Waals surface area contributed by atoms with Gasteiger partial charge in [-0.1, -0.05) is 12.1 Å². The van der Waals surface area contributed by atoms with Gasteiger partial charge in [0.2, 0.25) is 5.95 Å². The van der Waals surface area contributed by atoms with Crippen LogP contribution in [0.15, 0.2) is 60.8 Å². The first kappa shape index (κ1) is 19.5. The lowest BCUT2D eigenvalue weighted by molar-refractivity contribution is 0.0526. The highest BCUT2D eigenvalue weighted by molar-refractivity contribution is 6.03. The van der Waals surface area contributed by atoms with Crippen molar-refractivity contribution in [2.75, 3.05) is 17.2 Å². The van der Waals surface area contributed by atoms with E-state index in [0.717, 1.165) is 0 Å². The number of hydrogen-bond donors (Lipinski definition) is 2. The summed E-state index contributed by atoms with van der Waals surface area (Å²) < 4.78 is 4.93. The van der Waals surface area contributed by atoms with Crippen LogP contribution in [0.3, 0.4) is 0 Å². The van der Waals surface area contributed by atoms with Crippen LogP contribution in [0, 0.1) is 11.3 Å². The van der Waals surface area contributed by atoms with Crippen molar-refractivity contribution in [3.8, 4) is 6.07 Å². The summed E-state index contributed by atoms with van der Waals surface area (Å²) in [6, 6.07) is 16.8. The Morgan fingerprint density at radius 2 is 1.86 bits per heavy atom. The van der Waals surface area contributed by atoms with Gasteiger partial charge in [-0.2, -0.15) is 5.26 Å². The van der Waals surface area contributed by atoms with E-state index in [4.69, 9.17) is 10.00 Å². The first-order chi connectivity index (χ1) is 14.1. The summed E-state index contributed by atoms with van der Waals surface area (Å²) in [6.07, 6.45) is 1.45.